The zero-order valence-corrected chi connectivity index (χ0v) is 47.7. The van der Waals surface area contributed by atoms with E-state index in [1.54, 1.807) is 37.2 Å². The fraction of sp³-hybridized carbons (Fsp3) is 0.286. The molecular weight excluding hydrogens is 1190 g/mol. The molecule has 2 amide bonds. The average molecular weight is 1240 g/mol. The van der Waals surface area contributed by atoms with Crippen molar-refractivity contribution in [1.82, 2.24) is 10.0 Å². The molecule has 81 heavy (non-hydrogen) atoms. The van der Waals surface area contributed by atoms with Crippen molar-refractivity contribution >= 4 is 123 Å². The van der Waals surface area contributed by atoms with Crippen molar-refractivity contribution in [3.63, 3.8) is 0 Å². The third-order valence-electron chi connectivity index (χ3n) is 13.8. The van der Waals surface area contributed by atoms with Crippen molar-refractivity contribution in [3.05, 3.63) is 119 Å². The number of carbonyl (C=O) groups is 3. The van der Waals surface area contributed by atoms with Crippen molar-refractivity contribution in [2.45, 2.75) is 83.8 Å². The van der Waals surface area contributed by atoms with Crippen LogP contribution in [0.5, 0.6) is 0 Å². The van der Waals surface area contributed by atoms with E-state index in [4.69, 9.17) is 4.84 Å². The van der Waals surface area contributed by atoms with Gasteiger partial charge in [-0.25, -0.2) is 9.78 Å². The Morgan fingerprint density at radius 3 is 1.69 bits per heavy atom. The molecule has 0 spiro atoms. The number of pyridine rings is 1. The summed E-state index contributed by atoms with van der Waals surface area (Å²) in [7, 11) is -29.8. The summed E-state index contributed by atoms with van der Waals surface area (Å²) in [5.74, 6) is -4.36. The summed E-state index contributed by atoms with van der Waals surface area (Å²) in [4.78, 5) is 46.0. The number of allylic oxidation sites excluding steroid dienone is 6. The molecule has 0 saturated carbocycles. The van der Waals surface area contributed by atoms with Gasteiger partial charge in [-0.2, -0.15) is 55.1 Å². The monoisotopic (exact) mass is 1240 g/mol. The molecule has 3 aliphatic rings. The maximum atomic E-state index is 13.6. The zero-order chi connectivity index (χ0) is 60.0. The lowest BCUT2D eigenvalue weighted by Gasteiger charge is -2.27. The quantitative estimate of drug-likeness (QED) is 0.0295. The third kappa shape index (κ3) is 12.3. The molecule has 8 rings (SSSR count). The molecule has 5 aromatic rings. The molecule has 432 valence electrons. The van der Waals surface area contributed by atoms with Gasteiger partial charge < -0.3 is 9.74 Å². The first-order chi connectivity index (χ1) is 37.2. The molecule has 26 nitrogen and oxygen atoms in total. The van der Waals surface area contributed by atoms with E-state index in [1.165, 1.54) is 66.8 Å². The summed E-state index contributed by atoms with van der Waals surface area (Å²) in [6, 6.07) is 12.4. The summed E-state index contributed by atoms with van der Waals surface area (Å²) in [5, 5.41) is -0.262. The van der Waals surface area contributed by atoms with Crippen LogP contribution in [0.2, 0.25) is 0 Å². The molecule has 6 N–H and O–H groups in total. The molecule has 3 aliphatic heterocycles. The van der Waals surface area contributed by atoms with Crippen molar-refractivity contribution < 1.29 is 102 Å². The van der Waals surface area contributed by atoms with Crippen LogP contribution in [-0.4, -0.2) is 141 Å². The maximum absolute atomic E-state index is 13.6. The molecular formula is C49H49N4O22S6+. The lowest BCUT2D eigenvalue weighted by molar-refractivity contribution is -0.437. The lowest BCUT2D eigenvalue weighted by atomic mass is 9.79. The predicted octanol–water partition coefficient (Wildman–Crippen LogP) is 4.85. The van der Waals surface area contributed by atoms with E-state index in [0.29, 0.717) is 17.2 Å². The van der Waals surface area contributed by atoms with Crippen LogP contribution in [0.3, 0.4) is 0 Å². The minimum atomic E-state index is -5.18. The second-order valence-corrected chi connectivity index (χ2v) is 28.7. The molecule has 1 fully saturated rings. The Morgan fingerprint density at radius 2 is 1.16 bits per heavy atom. The van der Waals surface area contributed by atoms with E-state index < -0.39 is 126 Å². The number of aromatic nitrogens is 1. The van der Waals surface area contributed by atoms with Crippen LogP contribution in [0.1, 0.15) is 80.7 Å². The lowest BCUT2D eigenvalue weighted by Crippen LogP contribution is -2.32. The van der Waals surface area contributed by atoms with Crippen LogP contribution in [0.25, 0.3) is 27.1 Å². The first-order valence-corrected chi connectivity index (χ1v) is 32.8. The Labute approximate surface area is 464 Å². The van der Waals surface area contributed by atoms with Crippen LogP contribution < -0.4 is 4.90 Å². The number of hydroxylamine groups is 2. The highest BCUT2D eigenvalue weighted by molar-refractivity contribution is 7.87. The Kier molecular flexibility index (Phi) is 15.6. The van der Waals surface area contributed by atoms with E-state index >= 15 is 0 Å². The van der Waals surface area contributed by atoms with Gasteiger partial charge in [0.15, 0.2) is 11.4 Å². The van der Waals surface area contributed by atoms with E-state index in [2.05, 4.69) is 4.98 Å². The fourth-order valence-electron chi connectivity index (χ4n) is 10.4. The number of hydrogen-bond donors (Lipinski definition) is 6. The molecule has 0 aliphatic carbocycles. The largest absolute Gasteiger partial charge is 0.382 e. The van der Waals surface area contributed by atoms with Crippen molar-refractivity contribution in [1.29, 1.82) is 0 Å². The number of benzene rings is 4. The summed E-state index contributed by atoms with van der Waals surface area (Å²) in [6.07, 6.45) is 4.92. The fourth-order valence-corrected chi connectivity index (χ4v) is 14.0. The summed E-state index contributed by atoms with van der Waals surface area (Å²) >= 11 is 0. The van der Waals surface area contributed by atoms with Crippen LogP contribution >= 0.6 is 0 Å². The SMILES string of the molecule is CC1(C)C(/C=C/C(=C/C=C2/N(CCCS(=O)(=O)O)c3ccc4c(S(=O)(=O)O)cc(S(=O)(=O)O)cc4c3C2(C)C)c2cccc(C(=O)ON3C(=O)CCC3=O)n2)=[N+](CCCS(=O)(=O)O)c2ccc3c(S(=O)(=O)O)cc(S(=O)(=O)O)cc3c21. The van der Waals surface area contributed by atoms with Crippen molar-refractivity contribution in [2.24, 2.45) is 0 Å². The molecule has 32 heteroatoms. The highest BCUT2D eigenvalue weighted by Gasteiger charge is 2.47. The van der Waals surface area contributed by atoms with Gasteiger partial charge in [0, 0.05) is 76.7 Å². The number of amides is 2. The van der Waals surface area contributed by atoms with Gasteiger partial charge in [0.05, 0.1) is 32.4 Å². The Morgan fingerprint density at radius 1 is 0.642 bits per heavy atom. The van der Waals surface area contributed by atoms with E-state index in [1.807, 2.05) is 0 Å². The maximum Gasteiger partial charge on any atom is 0.382 e. The minimum absolute atomic E-state index is 0.0446. The first kappa shape index (κ1) is 60.4. The van der Waals surface area contributed by atoms with Gasteiger partial charge in [0.2, 0.25) is 5.69 Å². The van der Waals surface area contributed by atoms with Crippen LogP contribution in [-0.2, 0) is 86.0 Å². The van der Waals surface area contributed by atoms with Crippen molar-refractivity contribution in [2.75, 3.05) is 29.5 Å². The average Bonchev–Trinajstić information content (AvgIpc) is 4.00. The van der Waals surface area contributed by atoms with Crippen LogP contribution in [0.15, 0.2) is 116 Å². The molecule has 4 heterocycles. The van der Waals surface area contributed by atoms with Crippen LogP contribution in [0.4, 0.5) is 11.4 Å². The molecule has 0 radical (unpaired) electrons. The molecule has 1 saturated heterocycles. The smallest absolute Gasteiger partial charge is 0.344 e. The van der Waals surface area contributed by atoms with Crippen molar-refractivity contribution in [3.8, 4) is 0 Å². The topological polar surface area (TPSA) is 409 Å². The first-order valence-electron chi connectivity index (χ1n) is 23.8. The van der Waals surface area contributed by atoms with E-state index in [-0.39, 0.29) is 105 Å². The number of fused-ring (bicyclic) bond motifs is 6. The Bertz CT molecular complexity index is 4440. The summed E-state index contributed by atoms with van der Waals surface area (Å²) in [5.41, 5.74) is -1.74. The number of anilines is 1. The number of carbonyl (C=O) groups excluding carboxylic acids is 3. The van der Waals surface area contributed by atoms with E-state index in [9.17, 15) is 92.2 Å². The molecule has 0 bridgehead atoms. The number of rotatable bonds is 18. The molecule has 0 atom stereocenters. The molecule has 0 unspecified atom stereocenters. The standard InChI is InChI=1S/C49H48N4O22S6/c1-48(2)41(51(20-6-22-76(57,58)59)37-14-12-31-33(45(37)48)24-29(78(63,64)65)26-39(31)80(69,70)71)16-10-28(35-8-5-9-36(50-35)47(56)75-53-43(54)18-19-44(53)55)11-17-42-49(3,4)46-34-25-30(79(66,67)68)27-40(81(72,73)74)32(34)13-15-38(46)52(42)21-7-23-77(60,61)62/h5,8-17,24-27H,6-7,18-23H2,1-4H3,(H5-,57,58,59,60,61,62,63,64,65,66,67,68,69,70,71,72,73,74)/p+1. The Balaban J connectivity index is 1.39. The highest BCUT2D eigenvalue weighted by Crippen LogP contribution is 2.52. The van der Waals surface area contributed by atoms with Gasteiger partial charge in [-0.05, 0) is 97.3 Å². The van der Waals surface area contributed by atoms with Gasteiger partial charge in [-0.3, -0.25) is 36.9 Å². The zero-order valence-electron chi connectivity index (χ0n) is 42.8. The minimum Gasteiger partial charge on any atom is -0.344 e. The highest BCUT2D eigenvalue weighted by atomic mass is 32.2. The van der Waals surface area contributed by atoms with E-state index in [0.717, 1.165) is 12.1 Å². The third-order valence-corrected chi connectivity index (χ3v) is 18.8. The molecule has 4 aromatic carbocycles. The Hall–Kier alpha value is -6.69. The van der Waals surface area contributed by atoms with Gasteiger partial charge in [-0.15, -0.1) is 5.06 Å². The predicted molar refractivity (Wildman–Crippen MR) is 288 cm³/mol. The summed E-state index contributed by atoms with van der Waals surface area (Å²) in [6.45, 7) is 6.09. The van der Waals surface area contributed by atoms with Gasteiger partial charge in [0.1, 0.15) is 16.3 Å². The normalized spacial score (nSPS) is 17.6. The second-order valence-electron chi connectivity index (χ2n) is 19.9. The van der Waals surface area contributed by atoms with Gasteiger partial charge in [-0.1, -0.05) is 32.1 Å². The van der Waals surface area contributed by atoms with Gasteiger partial charge >= 0.3 is 5.97 Å². The second kappa shape index (κ2) is 20.9. The summed E-state index contributed by atoms with van der Waals surface area (Å²) < 4.78 is 212. The number of imide groups is 1. The van der Waals surface area contributed by atoms with Crippen LogP contribution in [0, 0.1) is 0 Å². The molecule has 1 aromatic heterocycles. The number of nitrogens with zero attached hydrogens (tertiary/aromatic N) is 4. The van der Waals surface area contributed by atoms with Gasteiger partial charge in [0.25, 0.3) is 72.5 Å². The number of hydrogen-bond acceptors (Lipinski definition) is 18.